The number of pyridine rings is 2. The Hall–Kier alpha value is -2.47. The van der Waals surface area contributed by atoms with Gasteiger partial charge in [0.25, 0.3) is 0 Å². The number of hydrogen-bond donors (Lipinski definition) is 3. The lowest BCUT2D eigenvalue weighted by Gasteiger charge is -2.15. The molecule has 3 aromatic rings. The van der Waals surface area contributed by atoms with Gasteiger partial charge in [-0.2, -0.15) is 5.10 Å². The number of nitrogens with one attached hydrogen (secondary N) is 2. The summed E-state index contributed by atoms with van der Waals surface area (Å²) < 4.78 is 0. The van der Waals surface area contributed by atoms with E-state index in [0.717, 1.165) is 34.7 Å². The number of fused-ring (bicyclic) bond motifs is 1. The summed E-state index contributed by atoms with van der Waals surface area (Å²) in [5.41, 5.74) is 8.50. The molecular weight excluding hydrogens is 288 g/mol. The van der Waals surface area contributed by atoms with Crippen molar-refractivity contribution in [2.24, 2.45) is 11.7 Å². The van der Waals surface area contributed by atoms with E-state index in [0.29, 0.717) is 12.5 Å². The Kier molecular flexibility index (Phi) is 4.52. The number of H-pyrrole nitrogens is 1. The van der Waals surface area contributed by atoms with Gasteiger partial charge in [0.05, 0.1) is 5.69 Å². The Morgan fingerprint density at radius 3 is 2.91 bits per heavy atom. The normalized spacial score (nSPS) is 12.7. The average Bonchev–Trinajstić information content (AvgIpc) is 2.97. The molecular formula is C17H22N6. The van der Waals surface area contributed by atoms with Gasteiger partial charge in [-0.05, 0) is 36.6 Å². The number of nitrogens with two attached hydrogens (primary N) is 1. The first-order chi connectivity index (χ1) is 11.1. The molecule has 23 heavy (non-hydrogen) atoms. The first-order valence-electron chi connectivity index (χ1n) is 7.89. The third-order valence-electron chi connectivity index (χ3n) is 3.65. The minimum atomic E-state index is 0.121. The van der Waals surface area contributed by atoms with Gasteiger partial charge < -0.3 is 11.1 Å². The van der Waals surface area contributed by atoms with Gasteiger partial charge in [-0.15, -0.1) is 0 Å². The summed E-state index contributed by atoms with van der Waals surface area (Å²) >= 11 is 0. The molecule has 0 amide bonds. The molecule has 0 saturated heterocycles. The number of rotatable bonds is 6. The van der Waals surface area contributed by atoms with Gasteiger partial charge in [0, 0.05) is 24.2 Å². The van der Waals surface area contributed by atoms with Gasteiger partial charge in [-0.1, -0.05) is 19.9 Å². The van der Waals surface area contributed by atoms with Crippen LogP contribution in [0.15, 0.2) is 36.5 Å². The molecule has 1 atom stereocenters. The summed E-state index contributed by atoms with van der Waals surface area (Å²) in [7, 11) is 0. The lowest BCUT2D eigenvalue weighted by molar-refractivity contribution is 0.508. The Balaban J connectivity index is 1.77. The number of anilines is 1. The Morgan fingerprint density at radius 2 is 2.09 bits per heavy atom. The quantitative estimate of drug-likeness (QED) is 0.651. The molecule has 0 aliphatic rings. The summed E-state index contributed by atoms with van der Waals surface area (Å²) in [6.45, 7) is 5.06. The van der Waals surface area contributed by atoms with Crippen molar-refractivity contribution in [1.29, 1.82) is 0 Å². The van der Waals surface area contributed by atoms with E-state index in [2.05, 4.69) is 39.3 Å². The van der Waals surface area contributed by atoms with Crippen LogP contribution in [0.25, 0.3) is 22.4 Å². The number of aromatic amines is 1. The summed E-state index contributed by atoms with van der Waals surface area (Å²) in [5.74, 6) is 1.40. The highest BCUT2D eigenvalue weighted by Crippen LogP contribution is 2.24. The van der Waals surface area contributed by atoms with E-state index in [1.54, 1.807) is 6.20 Å². The van der Waals surface area contributed by atoms with Crippen LogP contribution in [0, 0.1) is 5.92 Å². The van der Waals surface area contributed by atoms with Crippen molar-refractivity contribution in [3.63, 3.8) is 0 Å². The molecule has 120 valence electrons. The van der Waals surface area contributed by atoms with E-state index in [9.17, 15) is 0 Å². The SMILES string of the molecule is CC(C)C[C@H](N)CNc1cccc(-c2n[nH]c3ncccc23)n1. The van der Waals surface area contributed by atoms with E-state index in [-0.39, 0.29) is 6.04 Å². The fourth-order valence-corrected chi connectivity index (χ4v) is 2.64. The second-order valence-corrected chi connectivity index (χ2v) is 6.15. The molecule has 3 heterocycles. The second-order valence-electron chi connectivity index (χ2n) is 6.15. The highest BCUT2D eigenvalue weighted by Gasteiger charge is 2.11. The largest absolute Gasteiger partial charge is 0.368 e. The zero-order valence-electron chi connectivity index (χ0n) is 13.5. The minimum Gasteiger partial charge on any atom is -0.368 e. The lowest BCUT2D eigenvalue weighted by Crippen LogP contribution is -2.30. The maximum absolute atomic E-state index is 6.11. The molecule has 6 nitrogen and oxygen atoms in total. The second kappa shape index (κ2) is 6.75. The molecule has 0 aromatic carbocycles. The molecule has 3 aromatic heterocycles. The Labute approximate surface area is 135 Å². The Morgan fingerprint density at radius 1 is 1.22 bits per heavy atom. The summed E-state index contributed by atoms with van der Waals surface area (Å²) in [6.07, 6.45) is 2.73. The van der Waals surface area contributed by atoms with Crippen LogP contribution in [-0.2, 0) is 0 Å². The molecule has 0 spiro atoms. The van der Waals surface area contributed by atoms with Crippen molar-refractivity contribution in [2.45, 2.75) is 26.3 Å². The van der Waals surface area contributed by atoms with Gasteiger partial charge in [0.1, 0.15) is 11.5 Å². The molecule has 0 bridgehead atoms. The van der Waals surface area contributed by atoms with Crippen LogP contribution in [-0.4, -0.2) is 32.8 Å². The third-order valence-corrected chi connectivity index (χ3v) is 3.65. The zero-order chi connectivity index (χ0) is 16.2. The highest BCUT2D eigenvalue weighted by atomic mass is 15.2. The highest BCUT2D eigenvalue weighted by molar-refractivity contribution is 5.89. The van der Waals surface area contributed by atoms with Gasteiger partial charge in [0.2, 0.25) is 0 Å². The van der Waals surface area contributed by atoms with E-state index < -0.39 is 0 Å². The minimum absolute atomic E-state index is 0.121. The van der Waals surface area contributed by atoms with Crippen molar-refractivity contribution >= 4 is 16.9 Å². The van der Waals surface area contributed by atoms with Gasteiger partial charge in [-0.3, -0.25) is 5.10 Å². The smallest absolute Gasteiger partial charge is 0.155 e. The molecule has 0 aliphatic carbocycles. The maximum Gasteiger partial charge on any atom is 0.155 e. The topological polar surface area (TPSA) is 92.5 Å². The van der Waals surface area contributed by atoms with Gasteiger partial charge >= 0.3 is 0 Å². The molecule has 0 aliphatic heterocycles. The number of nitrogens with zero attached hydrogens (tertiary/aromatic N) is 3. The maximum atomic E-state index is 6.11. The van der Waals surface area contributed by atoms with Gasteiger partial charge in [0.15, 0.2) is 5.65 Å². The predicted molar refractivity (Wildman–Crippen MR) is 93.0 cm³/mol. The van der Waals surface area contributed by atoms with E-state index in [4.69, 9.17) is 5.73 Å². The molecule has 4 N–H and O–H groups in total. The first kappa shape index (κ1) is 15.4. The fourth-order valence-electron chi connectivity index (χ4n) is 2.64. The van der Waals surface area contributed by atoms with Crippen LogP contribution in [0.2, 0.25) is 0 Å². The van der Waals surface area contributed by atoms with Crippen molar-refractivity contribution in [1.82, 2.24) is 20.2 Å². The first-order valence-corrected chi connectivity index (χ1v) is 7.89. The van der Waals surface area contributed by atoms with E-state index >= 15 is 0 Å². The summed E-state index contributed by atoms with van der Waals surface area (Å²) in [6, 6.07) is 9.86. The molecule has 0 unspecified atom stereocenters. The number of aromatic nitrogens is 4. The van der Waals surface area contributed by atoms with Crippen molar-refractivity contribution in [3.8, 4) is 11.4 Å². The average molecular weight is 310 g/mol. The summed E-state index contributed by atoms with van der Waals surface area (Å²) in [5, 5.41) is 11.6. The van der Waals surface area contributed by atoms with Crippen molar-refractivity contribution < 1.29 is 0 Å². The van der Waals surface area contributed by atoms with Crippen LogP contribution in [0.1, 0.15) is 20.3 Å². The fraction of sp³-hybridized carbons (Fsp3) is 0.353. The zero-order valence-corrected chi connectivity index (χ0v) is 13.5. The van der Waals surface area contributed by atoms with Gasteiger partial charge in [-0.25, -0.2) is 9.97 Å². The summed E-state index contributed by atoms with van der Waals surface area (Å²) in [4.78, 5) is 8.90. The molecule has 0 saturated carbocycles. The van der Waals surface area contributed by atoms with Crippen LogP contribution in [0.5, 0.6) is 0 Å². The van der Waals surface area contributed by atoms with Crippen molar-refractivity contribution in [2.75, 3.05) is 11.9 Å². The monoisotopic (exact) mass is 310 g/mol. The Bertz CT molecular complexity index is 779. The molecule has 0 fully saturated rings. The van der Waals surface area contributed by atoms with Crippen LogP contribution in [0.4, 0.5) is 5.82 Å². The molecule has 0 radical (unpaired) electrons. The van der Waals surface area contributed by atoms with Crippen LogP contribution < -0.4 is 11.1 Å². The van der Waals surface area contributed by atoms with Crippen LogP contribution in [0.3, 0.4) is 0 Å². The molecule has 6 heteroatoms. The lowest BCUT2D eigenvalue weighted by atomic mass is 10.0. The third kappa shape index (κ3) is 3.65. The van der Waals surface area contributed by atoms with Crippen LogP contribution >= 0.6 is 0 Å². The van der Waals surface area contributed by atoms with Crippen molar-refractivity contribution in [3.05, 3.63) is 36.5 Å². The standard InChI is InChI=1S/C17H22N6/c1-11(2)9-12(18)10-20-15-7-3-6-14(21-15)16-13-5-4-8-19-17(13)23-22-16/h3-8,11-12H,9-10,18H2,1-2H3,(H,20,21)(H,19,22,23)/t12-/m0/s1. The molecule has 3 rings (SSSR count). The van der Waals surface area contributed by atoms with E-state index in [1.807, 2.05) is 30.3 Å². The number of hydrogen-bond acceptors (Lipinski definition) is 5. The predicted octanol–water partition coefficient (Wildman–Crippen LogP) is 2.81. The van der Waals surface area contributed by atoms with E-state index in [1.165, 1.54) is 0 Å².